The number of nitrogens with zero attached hydrogens (tertiary/aromatic N) is 3. The second-order valence-electron chi connectivity index (χ2n) is 10.7. The number of hydrogen-bond donors (Lipinski definition) is 2. The van der Waals surface area contributed by atoms with Crippen LogP contribution in [0.25, 0.3) is 5.57 Å². The summed E-state index contributed by atoms with van der Waals surface area (Å²) in [7, 11) is 0. The van der Waals surface area contributed by atoms with Crippen LogP contribution in [0.15, 0.2) is 30.0 Å². The maximum absolute atomic E-state index is 13.9. The van der Waals surface area contributed by atoms with E-state index < -0.39 is 17.3 Å². The average Bonchev–Trinajstić information content (AvgIpc) is 3.32. The Morgan fingerprint density at radius 2 is 1.82 bits per heavy atom. The summed E-state index contributed by atoms with van der Waals surface area (Å²) < 4.78 is 52.9. The van der Waals surface area contributed by atoms with Crippen LogP contribution in [-0.2, 0) is 21.1 Å². The van der Waals surface area contributed by atoms with Gasteiger partial charge in [0.1, 0.15) is 12.4 Å². The molecule has 2 N–H and O–H groups in total. The number of aromatic nitrogens is 2. The van der Waals surface area contributed by atoms with E-state index in [0.29, 0.717) is 34.9 Å². The minimum atomic E-state index is -4.61. The third kappa shape index (κ3) is 7.03. The third-order valence-corrected chi connectivity index (χ3v) is 7.03. The van der Waals surface area contributed by atoms with Crippen LogP contribution in [0.3, 0.4) is 0 Å². The summed E-state index contributed by atoms with van der Waals surface area (Å²) >= 11 is 0. The molecule has 0 aliphatic carbocycles. The van der Waals surface area contributed by atoms with E-state index in [-0.39, 0.29) is 30.4 Å². The average molecular weight is 567 g/mol. The molecule has 3 heterocycles. The number of rotatable bonds is 6. The van der Waals surface area contributed by atoms with E-state index in [1.165, 1.54) is 0 Å². The fraction of sp³-hybridized carbons (Fsp3) is 0.536. The van der Waals surface area contributed by atoms with E-state index >= 15 is 0 Å². The van der Waals surface area contributed by atoms with Gasteiger partial charge in [-0.15, -0.1) is 0 Å². The van der Waals surface area contributed by atoms with Crippen molar-refractivity contribution in [2.45, 2.75) is 46.2 Å². The summed E-state index contributed by atoms with van der Waals surface area (Å²) in [5.74, 6) is 0.131. The molecule has 4 rings (SSSR count). The van der Waals surface area contributed by atoms with Crippen LogP contribution in [0, 0.1) is 5.92 Å². The number of halogens is 3. The smallest absolute Gasteiger partial charge is 0.435 e. The number of alkyl halides is 3. The number of nitrogens with one attached hydrogen (secondary N) is 1. The van der Waals surface area contributed by atoms with E-state index in [1.807, 2.05) is 27.7 Å². The number of H-pyrrole nitrogens is 1. The third-order valence-electron chi connectivity index (χ3n) is 7.03. The monoisotopic (exact) mass is 566 g/mol. The number of carboxylic acid groups (broad SMARTS) is 1. The SMILES string of the molecule is CC1=C(C(C)C)c2c(C(F)(F)F)n[nH]c2C(C)(C)CN1C(=O)c1ccc(OCCN2CCOCC2)cc1.O=CO. The van der Waals surface area contributed by atoms with Gasteiger partial charge in [0.15, 0.2) is 5.69 Å². The molecule has 1 fully saturated rings. The molecular weight excluding hydrogens is 529 g/mol. The second kappa shape index (κ2) is 12.9. The van der Waals surface area contributed by atoms with Gasteiger partial charge in [-0.2, -0.15) is 18.3 Å². The molecule has 2 aliphatic rings. The number of carbonyl (C=O) groups is 2. The Labute approximate surface area is 231 Å². The van der Waals surface area contributed by atoms with Crippen LogP contribution in [0.1, 0.15) is 61.9 Å². The van der Waals surface area contributed by atoms with Crippen molar-refractivity contribution < 1.29 is 37.3 Å². The minimum Gasteiger partial charge on any atom is -0.492 e. The highest BCUT2D eigenvalue weighted by atomic mass is 19.4. The maximum atomic E-state index is 13.9. The molecular formula is C28H37F3N4O5. The summed E-state index contributed by atoms with van der Waals surface area (Å²) in [6, 6.07) is 6.92. The van der Waals surface area contributed by atoms with Crippen LogP contribution >= 0.6 is 0 Å². The number of benzene rings is 1. The van der Waals surface area contributed by atoms with Gasteiger partial charge < -0.3 is 19.5 Å². The second-order valence-corrected chi connectivity index (χ2v) is 10.7. The van der Waals surface area contributed by atoms with Gasteiger partial charge in [-0.1, -0.05) is 27.7 Å². The van der Waals surface area contributed by atoms with Gasteiger partial charge in [-0.25, -0.2) is 0 Å². The Kier molecular flexibility index (Phi) is 10.0. The highest BCUT2D eigenvalue weighted by molar-refractivity contribution is 5.97. The first-order valence-electron chi connectivity index (χ1n) is 13.1. The van der Waals surface area contributed by atoms with Gasteiger partial charge in [-0.05, 0) is 42.7 Å². The van der Waals surface area contributed by atoms with E-state index in [1.54, 1.807) is 36.1 Å². The predicted octanol–water partition coefficient (Wildman–Crippen LogP) is 4.66. The van der Waals surface area contributed by atoms with Crippen molar-refractivity contribution in [3.8, 4) is 5.75 Å². The molecule has 220 valence electrons. The molecule has 1 saturated heterocycles. The summed E-state index contributed by atoms with van der Waals surface area (Å²) in [5, 5.41) is 13.2. The molecule has 0 bridgehead atoms. The van der Waals surface area contributed by atoms with Gasteiger partial charge in [-0.3, -0.25) is 19.6 Å². The fourth-order valence-electron chi connectivity index (χ4n) is 5.12. The fourth-order valence-corrected chi connectivity index (χ4v) is 5.12. The van der Waals surface area contributed by atoms with Gasteiger partial charge in [0.05, 0.1) is 18.9 Å². The molecule has 0 spiro atoms. The standard InChI is InChI=1S/C27H35F3N4O3.CH2O2/c1-17(2)21-18(3)34(16-26(4,5)23-22(21)24(32-31-23)27(28,29)30)25(35)19-6-8-20(9-7-19)37-15-12-33-10-13-36-14-11-33;2-1-3/h6-9,17H,10-16H2,1-5H3,(H,31,32);1H,(H,2,3). The first kappa shape index (κ1) is 31.2. The first-order valence-corrected chi connectivity index (χ1v) is 13.1. The maximum Gasteiger partial charge on any atom is 0.435 e. The molecule has 1 aromatic carbocycles. The van der Waals surface area contributed by atoms with Crippen molar-refractivity contribution in [2.24, 2.45) is 5.92 Å². The number of allylic oxidation sites excluding steroid dienone is 2. The van der Waals surface area contributed by atoms with E-state index in [9.17, 15) is 18.0 Å². The summed E-state index contributed by atoms with van der Waals surface area (Å²) in [6.45, 7) is 13.6. The quantitative estimate of drug-likeness (QED) is 0.490. The Morgan fingerprint density at radius 3 is 2.38 bits per heavy atom. The highest BCUT2D eigenvalue weighted by Gasteiger charge is 2.45. The zero-order valence-electron chi connectivity index (χ0n) is 23.5. The molecule has 0 unspecified atom stereocenters. The van der Waals surface area contributed by atoms with Crippen molar-refractivity contribution >= 4 is 18.0 Å². The minimum absolute atomic E-state index is 0.0596. The van der Waals surface area contributed by atoms with Gasteiger partial charge in [0.2, 0.25) is 0 Å². The molecule has 9 nitrogen and oxygen atoms in total. The van der Waals surface area contributed by atoms with Crippen molar-refractivity contribution in [2.75, 3.05) is 46.0 Å². The Balaban J connectivity index is 0.00000141. The van der Waals surface area contributed by atoms with Crippen molar-refractivity contribution in [3.05, 3.63) is 52.5 Å². The lowest BCUT2D eigenvalue weighted by Gasteiger charge is -2.31. The van der Waals surface area contributed by atoms with Crippen LogP contribution in [0.5, 0.6) is 5.75 Å². The van der Waals surface area contributed by atoms with Gasteiger partial charge in [0, 0.05) is 48.4 Å². The van der Waals surface area contributed by atoms with Crippen LogP contribution in [-0.4, -0.2) is 83.5 Å². The lowest BCUT2D eigenvalue weighted by Crippen LogP contribution is -2.39. The lowest BCUT2D eigenvalue weighted by atomic mass is 9.83. The predicted molar refractivity (Wildman–Crippen MR) is 143 cm³/mol. The van der Waals surface area contributed by atoms with Crippen molar-refractivity contribution in [1.29, 1.82) is 0 Å². The molecule has 1 amide bonds. The number of amides is 1. The number of ether oxygens (including phenoxy) is 2. The number of aromatic amines is 1. The zero-order chi connectivity index (χ0) is 29.7. The lowest BCUT2D eigenvalue weighted by molar-refractivity contribution is -0.141. The van der Waals surface area contributed by atoms with Crippen LogP contribution in [0.2, 0.25) is 0 Å². The number of hydrogen-bond acceptors (Lipinski definition) is 6. The Hall–Kier alpha value is -3.38. The molecule has 0 radical (unpaired) electrons. The van der Waals surface area contributed by atoms with Crippen molar-refractivity contribution in [1.82, 2.24) is 20.0 Å². The van der Waals surface area contributed by atoms with Crippen LogP contribution in [0.4, 0.5) is 13.2 Å². The molecule has 2 aliphatic heterocycles. The van der Waals surface area contributed by atoms with Crippen molar-refractivity contribution in [3.63, 3.8) is 0 Å². The molecule has 0 saturated carbocycles. The molecule has 0 atom stereocenters. The Bertz CT molecular complexity index is 1200. The summed E-state index contributed by atoms with van der Waals surface area (Å²) in [5.41, 5.74) is 0.140. The normalized spacial score (nSPS) is 17.6. The summed E-state index contributed by atoms with van der Waals surface area (Å²) in [6.07, 6.45) is -4.61. The summed E-state index contributed by atoms with van der Waals surface area (Å²) in [4.78, 5) is 25.9. The van der Waals surface area contributed by atoms with E-state index in [0.717, 1.165) is 32.8 Å². The number of morpholine rings is 1. The molecule has 12 heteroatoms. The number of carbonyl (C=O) groups excluding carboxylic acids is 1. The van der Waals surface area contributed by atoms with Crippen LogP contribution < -0.4 is 4.74 Å². The van der Waals surface area contributed by atoms with E-state index in [4.69, 9.17) is 19.4 Å². The van der Waals surface area contributed by atoms with E-state index in [2.05, 4.69) is 15.1 Å². The Morgan fingerprint density at radius 1 is 1.23 bits per heavy atom. The van der Waals surface area contributed by atoms with Gasteiger partial charge >= 0.3 is 6.18 Å². The van der Waals surface area contributed by atoms with Gasteiger partial charge in [0.25, 0.3) is 12.4 Å². The highest BCUT2D eigenvalue weighted by Crippen LogP contribution is 2.45. The zero-order valence-corrected chi connectivity index (χ0v) is 23.5. The molecule has 2 aromatic rings. The molecule has 40 heavy (non-hydrogen) atoms. The largest absolute Gasteiger partial charge is 0.492 e. The number of fused-ring (bicyclic) bond motifs is 1. The first-order chi connectivity index (χ1) is 18.8. The topological polar surface area (TPSA) is 108 Å². The molecule has 1 aromatic heterocycles.